The minimum Gasteiger partial charge on any atom is -0.379 e. The van der Waals surface area contributed by atoms with E-state index in [4.69, 9.17) is 11.6 Å². The molecule has 0 saturated carbocycles. The van der Waals surface area contributed by atoms with E-state index < -0.39 is 6.10 Å². The number of aliphatic hydroxyl groups is 1. The van der Waals surface area contributed by atoms with Crippen LogP contribution in [-0.2, 0) is 26.7 Å². The zero-order chi connectivity index (χ0) is 17.4. The lowest BCUT2D eigenvalue weighted by atomic mass is 10.2. The van der Waals surface area contributed by atoms with E-state index in [0.717, 1.165) is 38.4 Å². The Balaban J connectivity index is 1.43. The van der Waals surface area contributed by atoms with Crippen molar-refractivity contribution in [1.29, 1.82) is 0 Å². The number of halogens is 1. The molecule has 1 aliphatic rings. The molecule has 0 amide bonds. The summed E-state index contributed by atoms with van der Waals surface area (Å²) in [6.45, 7) is 4.21. The van der Waals surface area contributed by atoms with Crippen LogP contribution in [0.15, 0.2) is 30.9 Å². The van der Waals surface area contributed by atoms with E-state index in [1.54, 1.807) is 12.4 Å². The number of aryl methyl sites for hydroxylation is 1. The van der Waals surface area contributed by atoms with Crippen LogP contribution in [0, 0.1) is 0 Å². The fourth-order valence-corrected chi connectivity index (χ4v) is 3.30. The lowest BCUT2D eigenvalue weighted by Gasteiger charge is -2.27. The summed E-state index contributed by atoms with van der Waals surface area (Å²) in [4.78, 5) is 6.56. The lowest BCUT2D eigenvalue weighted by Crippen LogP contribution is -2.36. The van der Waals surface area contributed by atoms with Crippen molar-refractivity contribution in [2.24, 2.45) is 7.05 Å². The Labute approximate surface area is 150 Å². The van der Waals surface area contributed by atoms with E-state index in [2.05, 4.69) is 20.1 Å². The minimum absolute atomic E-state index is 0.600. The number of aromatic nitrogens is 6. The molecule has 4 rings (SSSR count). The number of nitrogens with zero attached hydrogens (tertiary/aromatic N) is 7. The summed E-state index contributed by atoms with van der Waals surface area (Å²) in [5, 5.41) is 20.0. The van der Waals surface area contributed by atoms with Gasteiger partial charge in [0.05, 0.1) is 35.7 Å². The molecule has 0 radical (unpaired) electrons. The minimum atomic E-state index is -0.808. The maximum absolute atomic E-state index is 10.5. The van der Waals surface area contributed by atoms with E-state index in [1.165, 1.54) is 0 Å². The van der Waals surface area contributed by atoms with Gasteiger partial charge in [0.1, 0.15) is 5.82 Å². The molecule has 0 aliphatic carbocycles. The number of hydrogen-bond acceptors (Lipinski definition) is 5. The Hall–Kier alpha value is -2.16. The van der Waals surface area contributed by atoms with E-state index in [0.29, 0.717) is 16.5 Å². The molecule has 8 nitrogen and oxygen atoms in total. The van der Waals surface area contributed by atoms with E-state index in [1.807, 2.05) is 39.4 Å². The molecule has 1 aliphatic heterocycles. The van der Waals surface area contributed by atoms with Crippen molar-refractivity contribution >= 4 is 11.6 Å². The molecule has 25 heavy (non-hydrogen) atoms. The highest BCUT2D eigenvalue weighted by Gasteiger charge is 2.23. The van der Waals surface area contributed by atoms with Crippen LogP contribution >= 0.6 is 11.6 Å². The molecule has 4 heterocycles. The second kappa shape index (κ2) is 6.62. The van der Waals surface area contributed by atoms with Gasteiger partial charge in [0, 0.05) is 45.3 Å². The van der Waals surface area contributed by atoms with Crippen LogP contribution in [0.5, 0.6) is 0 Å². The molecule has 0 saturated heterocycles. The molecule has 1 atom stereocenters. The molecular formula is C16H20ClN7O. The zero-order valence-electron chi connectivity index (χ0n) is 14.0. The summed E-state index contributed by atoms with van der Waals surface area (Å²) in [6, 6.07) is 1.97. The van der Waals surface area contributed by atoms with Crippen molar-refractivity contribution in [2.45, 2.75) is 25.7 Å². The smallest absolute Gasteiger partial charge is 0.155 e. The summed E-state index contributed by atoms with van der Waals surface area (Å²) in [5.74, 6) is 0.600. The Kier molecular flexibility index (Phi) is 4.32. The van der Waals surface area contributed by atoms with Crippen molar-refractivity contribution in [1.82, 2.24) is 34.0 Å². The third-order valence-corrected chi connectivity index (χ3v) is 4.72. The molecular weight excluding hydrogens is 342 g/mol. The van der Waals surface area contributed by atoms with Crippen molar-refractivity contribution < 1.29 is 5.11 Å². The van der Waals surface area contributed by atoms with E-state index in [-0.39, 0.29) is 0 Å². The molecule has 132 valence electrons. The van der Waals surface area contributed by atoms with Crippen LogP contribution in [0.3, 0.4) is 0 Å². The summed E-state index contributed by atoms with van der Waals surface area (Å²) in [5.41, 5.74) is 1.75. The van der Waals surface area contributed by atoms with Gasteiger partial charge in [-0.25, -0.2) is 4.98 Å². The average Bonchev–Trinajstić information content (AvgIpc) is 3.31. The van der Waals surface area contributed by atoms with Gasteiger partial charge in [0.2, 0.25) is 0 Å². The van der Waals surface area contributed by atoms with Crippen LogP contribution in [0.1, 0.15) is 23.3 Å². The maximum Gasteiger partial charge on any atom is 0.155 e. The highest BCUT2D eigenvalue weighted by molar-refractivity contribution is 6.30. The third kappa shape index (κ3) is 3.33. The van der Waals surface area contributed by atoms with Gasteiger partial charge in [-0.2, -0.15) is 10.2 Å². The van der Waals surface area contributed by atoms with Crippen molar-refractivity contribution in [3.8, 4) is 0 Å². The maximum atomic E-state index is 10.5. The fourth-order valence-electron chi connectivity index (χ4n) is 3.14. The normalized spacial score (nSPS) is 16.1. The number of imidazole rings is 1. The van der Waals surface area contributed by atoms with Crippen molar-refractivity contribution in [3.63, 3.8) is 0 Å². The van der Waals surface area contributed by atoms with Crippen LogP contribution in [-0.4, -0.2) is 52.2 Å². The molecule has 3 aromatic rings. The molecule has 1 N–H and O–H groups in total. The molecule has 0 aromatic carbocycles. The molecule has 0 bridgehead atoms. The topological polar surface area (TPSA) is 76.9 Å². The second-order valence-electron chi connectivity index (χ2n) is 6.28. The lowest BCUT2D eigenvalue weighted by molar-refractivity contribution is 0.194. The van der Waals surface area contributed by atoms with Crippen LogP contribution in [0.4, 0.5) is 0 Å². The Bertz CT molecular complexity index is 868. The Morgan fingerprint density at radius 1 is 1.32 bits per heavy atom. The second-order valence-corrected chi connectivity index (χ2v) is 6.72. The van der Waals surface area contributed by atoms with Crippen LogP contribution in [0.2, 0.25) is 5.02 Å². The first-order valence-corrected chi connectivity index (χ1v) is 8.60. The fraction of sp³-hybridized carbons (Fsp3) is 0.438. The highest BCUT2D eigenvalue weighted by atomic mass is 35.5. The summed E-state index contributed by atoms with van der Waals surface area (Å²) >= 11 is 5.90. The van der Waals surface area contributed by atoms with Crippen molar-refractivity contribution in [2.75, 3.05) is 13.1 Å². The largest absolute Gasteiger partial charge is 0.379 e. The predicted molar refractivity (Wildman–Crippen MR) is 92.0 cm³/mol. The molecule has 9 heteroatoms. The summed E-state index contributed by atoms with van der Waals surface area (Å²) in [6.07, 6.45) is 6.17. The number of rotatable bonds is 5. The highest BCUT2D eigenvalue weighted by Crippen LogP contribution is 2.22. The number of aliphatic hydroxyl groups excluding tert-OH is 1. The van der Waals surface area contributed by atoms with Gasteiger partial charge in [0.15, 0.2) is 6.10 Å². The summed E-state index contributed by atoms with van der Waals surface area (Å²) < 4.78 is 5.64. The van der Waals surface area contributed by atoms with Gasteiger partial charge < -0.3 is 9.67 Å². The van der Waals surface area contributed by atoms with Crippen LogP contribution in [0.25, 0.3) is 0 Å². The summed E-state index contributed by atoms with van der Waals surface area (Å²) in [7, 11) is 1.87. The van der Waals surface area contributed by atoms with Gasteiger partial charge in [-0.3, -0.25) is 14.3 Å². The van der Waals surface area contributed by atoms with Gasteiger partial charge in [0.25, 0.3) is 0 Å². The third-order valence-electron chi connectivity index (χ3n) is 4.53. The molecule has 0 fully saturated rings. The molecule has 3 aromatic heterocycles. The first-order chi connectivity index (χ1) is 12.1. The first-order valence-electron chi connectivity index (χ1n) is 8.22. The Morgan fingerprint density at radius 2 is 2.20 bits per heavy atom. The van der Waals surface area contributed by atoms with E-state index >= 15 is 0 Å². The molecule has 0 unspecified atom stereocenters. The van der Waals surface area contributed by atoms with Gasteiger partial charge in [-0.15, -0.1) is 0 Å². The van der Waals surface area contributed by atoms with Gasteiger partial charge >= 0.3 is 0 Å². The average molecular weight is 362 g/mol. The standard InChI is InChI=1S/C16H20ClN7O/c1-21-3-2-18-16(21)15(25)14-8-13-11-22(5-7-24(13)20-14)4-6-23-10-12(17)9-19-23/h2-3,8-10,15,25H,4-7,11H2,1H3/t15-/m1/s1. The number of fused-ring (bicyclic) bond motifs is 1. The van der Waals surface area contributed by atoms with Gasteiger partial charge in [-0.1, -0.05) is 11.6 Å². The Morgan fingerprint density at radius 3 is 2.92 bits per heavy atom. The SMILES string of the molecule is Cn1ccnc1[C@H](O)c1cc2n(n1)CCN(CCn1cc(Cl)cn1)C2. The zero-order valence-corrected chi connectivity index (χ0v) is 14.7. The predicted octanol–water partition coefficient (Wildman–Crippen LogP) is 1.06. The monoisotopic (exact) mass is 361 g/mol. The van der Waals surface area contributed by atoms with Crippen LogP contribution < -0.4 is 0 Å². The first kappa shape index (κ1) is 16.3. The van der Waals surface area contributed by atoms with Crippen molar-refractivity contribution in [3.05, 3.63) is 53.1 Å². The van der Waals surface area contributed by atoms with Gasteiger partial charge in [-0.05, 0) is 6.07 Å². The quantitative estimate of drug-likeness (QED) is 0.735. The number of hydrogen-bond donors (Lipinski definition) is 1. The van der Waals surface area contributed by atoms with E-state index in [9.17, 15) is 5.11 Å². The molecule has 0 spiro atoms.